The van der Waals surface area contributed by atoms with Crippen LogP contribution in [0.1, 0.15) is 11.4 Å². The molecule has 0 unspecified atom stereocenters. The molecule has 2 aromatic rings. The predicted molar refractivity (Wildman–Crippen MR) is 87.5 cm³/mol. The summed E-state index contributed by atoms with van der Waals surface area (Å²) in [6.07, 6.45) is 2.89. The lowest BCUT2D eigenvalue weighted by Crippen LogP contribution is -2.52. The van der Waals surface area contributed by atoms with Gasteiger partial charge >= 0.3 is 0 Å². The summed E-state index contributed by atoms with van der Waals surface area (Å²) in [5, 5.41) is 4.44. The Morgan fingerprint density at radius 2 is 2.04 bits per heavy atom. The van der Waals surface area contributed by atoms with E-state index in [-0.39, 0.29) is 11.1 Å². The van der Waals surface area contributed by atoms with Gasteiger partial charge in [0.1, 0.15) is 4.90 Å². The van der Waals surface area contributed by atoms with Crippen molar-refractivity contribution in [3.8, 4) is 5.88 Å². The predicted octanol–water partition coefficient (Wildman–Crippen LogP) is 1.18. The van der Waals surface area contributed by atoms with Gasteiger partial charge in [-0.1, -0.05) is 11.6 Å². The van der Waals surface area contributed by atoms with E-state index in [4.69, 9.17) is 16.3 Å². The van der Waals surface area contributed by atoms with Crippen LogP contribution in [-0.2, 0) is 17.1 Å². The lowest BCUT2D eigenvalue weighted by Gasteiger charge is -2.37. The molecule has 0 spiro atoms. The van der Waals surface area contributed by atoms with Crippen LogP contribution in [-0.4, -0.2) is 52.2 Å². The molecular weight excluding hydrogens is 354 g/mol. The zero-order valence-electron chi connectivity index (χ0n) is 13.6. The van der Waals surface area contributed by atoms with Gasteiger partial charge in [0.05, 0.1) is 30.4 Å². The monoisotopic (exact) mass is 371 g/mol. The molecule has 1 aliphatic heterocycles. The molecule has 0 aliphatic carbocycles. The second kappa shape index (κ2) is 6.30. The Balaban J connectivity index is 1.61. The van der Waals surface area contributed by atoms with Crippen molar-refractivity contribution in [1.29, 1.82) is 0 Å². The minimum atomic E-state index is -3.52. The molecule has 0 bridgehead atoms. The number of halogens is 1. The summed E-state index contributed by atoms with van der Waals surface area (Å²) in [6, 6.07) is 0. The molecule has 0 radical (unpaired) electrons. The zero-order chi connectivity index (χ0) is 17.5. The van der Waals surface area contributed by atoms with Gasteiger partial charge in [0, 0.05) is 26.1 Å². The van der Waals surface area contributed by atoms with Gasteiger partial charge in [-0.25, -0.2) is 8.42 Å². The Morgan fingerprint density at radius 3 is 2.62 bits per heavy atom. The Hall–Kier alpha value is -1.71. The van der Waals surface area contributed by atoms with Gasteiger partial charge in [0.2, 0.25) is 15.9 Å². The van der Waals surface area contributed by atoms with Crippen LogP contribution in [0.25, 0.3) is 0 Å². The number of aromatic nitrogens is 4. The van der Waals surface area contributed by atoms with Gasteiger partial charge in [-0.3, -0.25) is 9.67 Å². The van der Waals surface area contributed by atoms with Crippen molar-refractivity contribution in [2.45, 2.75) is 18.7 Å². The molecule has 3 rings (SSSR count). The number of aryl methyl sites for hydroxylation is 2. The van der Waals surface area contributed by atoms with E-state index in [9.17, 15) is 8.42 Å². The SMILES string of the molecule is Cc1nn(C)c(C)c1S(=O)(=O)N1CC(COc2cncc(Cl)n2)C1. The standard InChI is InChI=1S/C14H18ClN5O3S/c1-9-14(10(2)19(3)18-9)24(21,22)20-6-11(7-20)8-23-13-5-16-4-12(15)17-13/h4-5,11H,6-8H2,1-3H3. The van der Waals surface area contributed by atoms with Crippen LogP contribution in [0.15, 0.2) is 17.3 Å². The molecule has 24 heavy (non-hydrogen) atoms. The van der Waals surface area contributed by atoms with Crippen molar-refractivity contribution in [2.24, 2.45) is 13.0 Å². The van der Waals surface area contributed by atoms with Crippen molar-refractivity contribution in [3.05, 3.63) is 28.9 Å². The van der Waals surface area contributed by atoms with Crippen LogP contribution < -0.4 is 4.74 Å². The number of sulfonamides is 1. The quantitative estimate of drug-likeness (QED) is 0.783. The summed E-state index contributed by atoms with van der Waals surface area (Å²) in [7, 11) is -1.78. The summed E-state index contributed by atoms with van der Waals surface area (Å²) in [4.78, 5) is 8.17. The molecule has 0 aromatic carbocycles. The lowest BCUT2D eigenvalue weighted by molar-refractivity contribution is 0.126. The van der Waals surface area contributed by atoms with E-state index < -0.39 is 10.0 Å². The summed E-state index contributed by atoms with van der Waals surface area (Å²) in [6.45, 7) is 4.64. The third kappa shape index (κ3) is 3.11. The van der Waals surface area contributed by atoms with Crippen molar-refractivity contribution in [2.75, 3.05) is 19.7 Å². The first-order chi connectivity index (χ1) is 11.3. The molecule has 130 valence electrons. The highest BCUT2D eigenvalue weighted by Gasteiger charge is 2.39. The van der Waals surface area contributed by atoms with Crippen molar-refractivity contribution >= 4 is 21.6 Å². The molecule has 0 saturated carbocycles. The third-order valence-corrected chi connectivity index (χ3v) is 6.28. The van der Waals surface area contributed by atoms with E-state index in [0.717, 1.165) is 0 Å². The van der Waals surface area contributed by atoms with Crippen molar-refractivity contribution in [1.82, 2.24) is 24.1 Å². The average molecular weight is 372 g/mol. The number of hydrogen-bond donors (Lipinski definition) is 0. The summed E-state index contributed by atoms with van der Waals surface area (Å²) >= 11 is 5.74. The van der Waals surface area contributed by atoms with Gasteiger partial charge in [-0.15, -0.1) is 0 Å². The van der Waals surface area contributed by atoms with E-state index in [1.807, 2.05) is 0 Å². The maximum atomic E-state index is 12.7. The normalized spacial score (nSPS) is 16.2. The van der Waals surface area contributed by atoms with Gasteiger partial charge < -0.3 is 4.74 Å². The number of hydrogen-bond acceptors (Lipinski definition) is 6. The zero-order valence-corrected chi connectivity index (χ0v) is 15.2. The Kier molecular flexibility index (Phi) is 4.50. The lowest BCUT2D eigenvalue weighted by atomic mass is 10.1. The minimum absolute atomic E-state index is 0.109. The number of nitrogens with zero attached hydrogens (tertiary/aromatic N) is 5. The van der Waals surface area contributed by atoms with Gasteiger partial charge in [-0.05, 0) is 13.8 Å². The maximum absolute atomic E-state index is 12.7. The molecule has 2 aromatic heterocycles. The van der Waals surface area contributed by atoms with Crippen LogP contribution in [0, 0.1) is 19.8 Å². The van der Waals surface area contributed by atoms with E-state index in [0.29, 0.717) is 41.9 Å². The summed E-state index contributed by atoms with van der Waals surface area (Å²) in [5.74, 6) is 0.445. The van der Waals surface area contributed by atoms with Gasteiger partial charge in [-0.2, -0.15) is 14.4 Å². The number of rotatable bonds is 5. The average Bonchev–Trinajstić information content (AvgIpc) is 2.70. The van der Waals surface area contributed by atoms with Crippen LogP contribution >= 0.6 is 11.6 Å². The summed E-state index contributed by atoms with van der Waals surface area (Å²) in [5.41, 5.74) is 1.16. The maximum Gasteiger partial charge on any atom is 0.246 e. The molecule has 1 fully saturated rings. The van der Waals surface area contributed by atoms with E-state index >= 15 is 0 Å². The third-order valence-electron chi connectivity index (χ3n) is 4.01. The van der Waals surface area contributed by atoms with Crippen LogP contribution in [0.3, 0.4) is 0 Å². The van der Waals surface area contributed by atoms with Gasteiger partial charge in [0.15, 0.2) is 5.15 Å². The van der Waals surface area contributed by atoms with Crippen molar-refractivity contribution < 1.29 is 13.2 Å². The Labute approximate surface area is 145 Å². The molecule has 0 atom stereocenters. The molecule has 1 saturated heterocycles. The second-order valence-corrected chi connectivity index (χ2v) is 8.06. The van der Waals surface area contributed by atoms with Crippen LogP contribution in [0.2, 0.25) is 5.15 Å². The first-order valence-corrected chi connectivity index (χ1v) is 9.21. The number of ether oxygens (including phenoxy) is 1. The molecule has 8 nitrogen and oxygen atoms in total. The molecule has 0 amide bonds. The Morgan fingerprint density at radius 1 is 1.33 bits per heavy atom. The fraction of sp³-hybridized carbons (Fsp3) is 0.500. The smallest absolute Gasteiger partial charge is 0.246 e. The molecule has 3 heterocycles. The van der Waals surface area contributed by atoms with E-state index in [2.05, 4.69) is 15.1 Å². The highest BCUT2D eigenvalue weighted by atomic mass is 35.5. The first-order valence-electron chi connectivity index (χ1n) is 7.39. The van der Waals surface area contributed by atoms with Crippen LogP contribution in [0.4, 0.5) is 0 Å². The fourth-order valence-electron chi connectivity index (χ4n) is 2.68. The van der Waals surface area contributed by atoms with E-state index in [1.165, 1.54) is 16.7 Å². The molecular formula is C14H18ClN5O3S. The first kappa shape index (κ1) is 17.1. The topological polar surface area (TPSA) is 90.2 Å². The van der Waals surface area contributed by atoms with Crippen molar-refractivity contribution in [3.63, 3.8) is 0 Å². The minimum Gasteiger partial charge on any atom is -0.476 e. The highest BCUT2D eigenvalue weighted by Crippen LogP contribution is 2.29. The summed E-state index contributed by atoms with van der Waals surface area (Å²) < 4.78 is 34.0. The van der Waals surface area contributed by atoms with Crippen LogP contribution in [0.5, 0.6) is 5.88 Å². The van der Waals surface area contributed by atoms with Gasteiger partial charge in [0.25, 0.3) is 0 Å². The largest absolute Gasteiger partial charge is 0.476 e. The molecule has 0 N–H and O–H groups in total. The van der Waals surface area contributed by atoms with E-state index in [1.54, 1.807) is 25.6 Å². The highest BCUT2D eigenvalue weighted by molar-refractivity contribution is 7.89. The molecule has 10 heteroatoms. The second-order valence-electron chi connectivity index (χ2n) is 5.80. The fourth-order valence-corrected chi connectivity index (χ4v) is 4.81. The Bertz CT molecular complexity index is 861. The molecule has 1 aliphatic rings.